The van der Waals surface area contributed by atoms with Gasteiger partial charge in [-0.05, 0) is 49.4 Å². The third-order valence-electron chi connectivity index (χ3n) is 3.15. The van der Waals surface area contributed by atoms with Gasteiger partial charge in [-0.25, -0.2) is 0 Å². The summed E-state index contributed by atoms with van der Waals surface area (Å²) in [7, 11) is 0. The lowest BCUT2D eigenvalue weighted by molar-refractivity contribution is -0.122. The zero-order valence-electron chi connectivity index (χ0n) is 13.5. The molecule has 2 amide bonds. The Morgan fingerprint density at radius 3 is 2.44 bits per heavy atom. The van der Waals surface area contributed by atoms with Gasteiger partial charge in [-0.2, -0.15) is 5.26 Å². The molecule has 0 spiro atoms. The van der Waals surface area contributed by atoms with Gasteiger partial charge in [-0.15, -0.1) is 0 Å². The summed E-state index contributed by atoms with van der Waals surface area (Å²) in [6, 6.07) is 15.1. The average Bonchev–Trinajstić information content (AvgIpc) is 2.57. The van der Waals surface area contributed by atoms with E-state index in [9.17, 15) is 9.59 Å². The summed E-state index contributed by atoms with van der Waals surface area (Å²) in [4.78, 5) is 23.7. The van der Waals surface area contributed by atoms with Gasteiger partial charge >= 0.3 is 0 Å². The van der Waals surface area contributed by atoms with Gasteiger partial charge in [0.1, 0.15) is 12.2 Å². The quantitative estimate of drug-likeness (QED) is 0.826. The number of hydrogen-bond donors (Lipinski definition) is 2. The van der Waals surface area contributed by atoms with Crippen molar-refractivity contribution in [1.29, 1.82) is 5.26 Å². The van der Waals surface area contributed by atoms with Crippen molar-refractivity contribution in [3.63, 3.8) is 0 Å². The van der Waals surface area contributed by atoms with Crippen molar-refractivity contribution >= 4 is 34.8 Å². The van der Waals surface area contributed by atoms with Crippen LogP contribution >= 0.6 is 11.6 Å². The summed E-state index contributed by atoms with van der Waals surface area (Å²) in [5.41, 5.74) is 0.996. The number of halogens is 1. The molecule has 0 radical (unpaired) electrons. The molecular formula is C18H16ClN3O3. The monoisotopic (exact) mass is 357 g/mol. The van der Waals surface area contributed by atoms with Crippen LogP contribution in [0.25, 0.3) is 0 Å². The van der Waals surface area contributed by atoms with Crippen LogP contribution < -0.4 is 15.4 Å². The minimum Gasteiger partial charge on any atom is -0.481 e. The summed E-state index contributed by atoms with van der Waals surface area (Å²) in [6.07, 6.45) is -0.958. The fourth-order valence-corrected chi connectivity index (χ4v) is 2.09. The molecule has 0 aliphatic rings. The largest absolute Gasteiger partial charge is 0.481 e. The summed E-state index contributed by atoms with van der Waals surface area (Å²) < 4.78 is 5.55. The Hall–Kier alpha value is -3.04. The van der Waals surface area contributed by atoms with E-state index in [-0.39, 0.29) is 12.3 Å². The third kappa shape index (κ3) is 5.83. The molecule has 2 aromatic carbocycles. The minimum atomic E-state index is -0.724. The number of nitriles is 1. The first-order valence-corrected chi connectivity index (χ1v) is 7.85. The number of carbonyl (C=O) groups excluding carboxylic acids is 2. The number of anilines is 2. The van der Waals surface area contributed by atoms with Crippen molar-refractivity contribution in [1.82, 2.24) is 0 Å². The molecule has 128 valence electrons. The van der Waals surface area contributed by atoms with Gasteiger partial charge in [0.2, 0.25) is 5.91 Å². The van der Waals surface area contributed by atoms with Crippen LogP contribution in [-0.2, 0) is 9.59 Å². The highest BCUT2D eigenvalue weighted by Crippen LogP contribution is 2.18. The molecule has 1 atom stereocenters. The van der Waals surface area contributed by atoms with Crippen LogP contribution in [0.15, 0.2) is 48.5 Å². The molecule has 6 nitrogen and oxygen atoms in total. The number of benzene rings is 2. The summed E-state index contributed by atoms with van der Waals surface area (Å²) in [6.45, 7) is 1.63. The van der Waals surface area contributed by atoms with Gasteiger partial charge in [-0.3, -0.25) is 9.59 Å². The van der Waals surface area contributed by atoms with Crippen molar-refractivity contribution in [2.75, 3.05) is 10.6 Å². The van der Waals surface area contributed by atoms with Crippen LogP contribution in [0, 0.1) is 11.3 Å². The second-order valence-electron chi connectivity index (χ2n) is 5.17. The molecule has 25 heavy (non-hydrogen) atoms. The summed E-state index contributed by atoms with van der Waals surface area (Å²) in [5.74, 6) is -0.217. The average molecular weight is 358 g/mol. The van der Waals surface area contributed by atoms with Crippen molar-refractivity contribution in [3.8, 4) is 11.8 Å². The Kier molecular flexibility index (Phi) is 6.38. The number of amides is 2. The third-order valence-corrected chi connectivity index (χ3v) is 3.40. The van der Waals surface area contributed by atoms with Crippen molar-refractivity contribution < 1.29 is 14.3 Å². The number of carbonyl (C=O) groups is 2. The van der Waals surface area contributed by atoms with Crippen LogP contribution in [0.2, 0.25) is 5.02 Å². The van der Waals surface area contributed by atoms with Crippen LogP contribution in [0.3, 0.4) is 0 Å². The molecular weight excluding hydrogens is 342 g/mol. The minimum absolute atomic E-state index is 0.234. The van der Waals surface area contributed by atoms with Gasteiger partial charge < -0.3 is 15.4 Å². The van der Waals surface area contributed by atoms with Crippen molar-refractivity contribution in [3.05, 3.63) is 53.6 Å². The number of nitrogens with zero attached hydrogens (tertiary/aromatic N) is 1. The fourth-order valence-electron chi connectivity index (χ4n) is 1.97. The van der Waals surface area contributed by atoms with Crippen molar-refractivity contribution in [2.45, 2.75) is 19.4 Å². The van der Waals surface area contributed by atoms with Crippen LogP contribution in [-0.4, -0.2) is 17.9 Å². The number of nitrogens with one attached hydrogen (secondary N) is 2. The number of ether oxygens (including phenoxy) is 1. The van der Waals surface area contributed by atoms with E-state index in [0.29, 0.717) is 22.1 Å². The molecule has 2 aromatic rings. The maximum Gasteiger partial charge on any atom is 0.265 e. The topological polar surface area (TPSA) is 91.2 Å². The Bertz CT molecular complexity index is 800. The second-order valence-corrected chi connectivity index (χ2v) is 5.60. The van der Waals surface area contributed by atoms with E-state index >= 15 is 0 Å². The molecule has 0 saturated carbocycles. The Labute approximate surface area is 150 Å². The van der Waals surface area contributed by atoms with E-state index in [1.165, 1.54) is 0 Å². The fraction of sp³-hybridized carbons (Fsp3) is 0.167. The first-order valence-electron chi connectivity index (χ1n) is 7.48. The van der Waals surface area contributed by atoms with E-state index in [0.717, 1.165) is 0 Å². The lowest BCUT2D eigenvalue weighted by Crippen LogP contribution is -2.30. The molecule has 1 unspecified atom stereocenters. The molecule has 0 aliphatic carbocycles. The van der Waals surface area contributed by atoms with Crippen LogP contribution in [0.1, 0.15) is 13.3 Å². The van der Waals surface area contributed by atoms with E-state index in [4.69, 9.17) is 21.6 Å². The predicted octanol–water partition coefficient (Wildman–Crippen LogP) is 3.60. The van der Waals surface area contributed by atoms with Gasteiger partial charge in [0.05, 0.1) is 6.07 Å². The summed E-state index contributed by atoms with van der Waals surface area (Å²) in [5, 5.41) is 14.4. The first kappa shape index (κ1) is 18.3. The van der Waals surface area contributed by atoms with Crippen molar-refractivity contribution in [2.24, 2.45) is 0 Å². The summed E-state index contributed by atoms with van der Waals surface area (Å²) >= 11 is 5.81. The van der Waals surface area contributed by atoms with E-state index < -0.39 is 12.0 Å². The van der Waals surface area contributed by atoms with Crippen LogP contribution in [0.4, 0.5) is 11.4 Å². The van der Waals surface area contributed by atoms with E-state index in [1.54, 1.807) is 61.5 Å². The zero-order chi connectivity index (χ0) is 18.2. The maximum atomic E-state index is 12.2. The molecule has 0 fully saturated rings. The Morgan fingerprint density at radius 2 is 1.80 bits per heavy atom. The van der Waals surface area contributed by atoms with Gasteiger partial charge in [0, 0.05) is 16.4 Å². The smallest absolute Gasteiger partial charge is 0.265 e. The highest BCUT2D eigenvalue weighted by atomic mass is 35.5. The zero-order valence-corrected chi connectivity index (χ0v) is 14.2. The highest BCUT2D eigenvalue weighted by molar-refractivity contribution is 6.30. The van der Waals surface area contributed by atoms with E-state index in [2.05, 4.69) is 10.6 Å². The first-order chi connectivity index (χ1) is 12.0. The highest BCUT2D eigenvalue weighted by Gasteiger charge is 2.15. The molecule has 0 aliphatic heterocycles. The lowest BCUT2D eigenvalue weighted by Gasteiger charge is -2.15. The van der Waals surface area contributed by atoms with E-state index in [1.807, 2.05) is 0 Å². The van der Waals surface area contributed by atoms with Gasteiger partial charge in [-0.1, -0.05) is 17.7 Å². The molecule has 0 bridgehead atoms. The molecule has 0 saturated heterocycles. The SMILES string of the molecule is CC(Oc1ccc(Cl)cc1)C(=O)Nc1cccc(NC(=O)CC#N)c1. The number of rotatable bonds is 6. The second kappa shape index (κ2) is 8.71. The Morgan fingerprint density at radius 1 is 1.16 bits per heavy atom. The molecule has 2 N–H and O–H groups in total. The maximum absolute atomic E-state index is 12.2. The van der Waals surface area contributed by atoms with Gasteiger partial charge in [0.15, 0.2) is 6.10 Å². The van der Waals surface area contributed by atoms with Crippen LogP contribution in [0.5, 0.6) is 5.75 Å². The predicted molar refractivity (Wildman–Crippen MR) is 95.5 cm³/mol. The normalized spacial score (nSPS) is 11.1. The number of hydrogen-bond acceptors (Lipinski definition) is 4. The standard InChI is InChI=1S/C18H16ClN3O3/c1-12(25-16-7-5-13(19)6-8-16)18(24)22-15-4-2-3-14(11-15)21-17(23)9-10-20/h2-8,11-12H,9H2,1H3,(H,21,23)(H,22,24). The van der Waals surface area contributed by atoms with Gasteiger partial charge in [0.25, 0.3) is 5.91 Å². The lowest BCUT2D eigenvalue weighted by atomic mass is 10.2. The molecule has 0 heterocycles. The molecule has 0 aromatic heterocycles. The Balaban J connectivity index is 1.96. The molecule has 2 rings (SSSR count). The molecule has 7 heteroatoms.